The highest BCUT2D eigenvalue weighted by molar-refractivity contribution is 7.92. The van der Waals surface area contributed by atoms with Gasteiger partial charge in [-0.2, -0.15) is 13.9 Å². The standard InChI is InChI=1S/C27H33F2N7O5S/c1-16-15-41-13-11-35(16)22-14-21(27(8-9-27)42(39,40)23-17(2)34-36(18(23)3)25(28)29)32-24(33-22)19-4-6-20(7-5-19)31-26(38)30-10-12-37/h4-7,14,16,25,37H,8-13,15H2,1-3H3,(H2,30,31,38)/t16-/m0/s1. The first-order chi connectivity index (χ1) is 20.0. The van der Waals surface area contributed by atoms with E-state index in [0.29, 0.717) is 41.5 Å². The Balaban J connectivity index is 1.57. The van der Waals surface area contributed by atoms with Crippen LogP contribution in [0.25, 0.3) is 11.4 Å². The number of carbonyl (C=O) groups excluding carboxylic acids is 1. The number of carbonyl (C=O) groups is 1. The Hall–Kier alpha value is -3.69. The van der Waals surface area contributed by atoms with Gasteiger partial charge in [-0.1, -0.05) is 0 Å². The minimum absolute atomic E-state index is 0.0153. The number of amides is 2. The summed E-state index contributed by atoms with van der Waals surface area (Å²) >= 11 is 0. The predicted octanol–water partition coefficient (Wildman–Crippen LogP) is 3.15. The molecular weight excluding hydrogens is 572 g/mol. The Bertz CT molecular complexity index is 1580. The van der Waals surface area contributed by atoms with E-state index in [9.17, 15) is 22.0 Å². The van der Waals surface area contributed by atoms with Crippen molar-refractivity contribution in [2.24, 2.45) is 0 Å². The van der Waals surface area contributed by atoms with Gasteiger partial charge in [-0.05, 0) is 57.9 Å². The highest BCUT2D eigenvalue weighted by atomic mass is 32.2. The average Bonchev–Trinajstić information content (AvgIpc) is 3.72. The van der Waals surface area contributed by atoms with Crippen molar-refractivity contribution in [2.75, 3.05) is 43.1 Å². The average molecular weight is 606 g/mol. The number of urea groups is 1. The third-order valence-corrected chi connectivity index (χ3v) is 10.3. The molecule has 1 aliphatic heterocycles. The molecular formula is C27H33F2N7O5S. The molecule has 5 rings (SSSR count). The zero-order valence-electron chi connectivity index (χ0n) is 23.5. The van der Waals surface area contributed by atoms with Crippen molar-refractivity contribution >= 4 is 27.4 Å². The molecule has 3 heterocycles. The summed E-state index contributed by atoms with van der Waals surface area (Å²) in [6.45, 7) is 3.19. The second kappa shape index (κ2) is 11.5. The van der Waals surface area contributed by atoms with Gasteiger partial charge in [0.15, 0.2) is 15.7 Å². The number of alkyl halides is 2. The summed E-state index contributed by atoms with van der Waals surface area (Å²) in [4.78, 5) is 23.3. The number of hydrogen-bond acceptors (Lipinski definition) is 9. The first-order valence-electron chi connectivity index (χ1n) is 13.6. The van der Waals surface area contributed by atoms with Crippen LogP contribution in [0.4, 0.5) is 25.1 Å². The molecule has 0 unspecified atom stereocenters. The van der Waals surface area contributed by atoms with Crippen LogP contribution in [0.1, 0.15) is 43.4 Å². The molecule has 1 atom stereocenters. The summed E-state index contributed by atoms with van der Waals surface area (Å²) in [6.07, 6.45) is 0.545. The van der Waals surface area contributed by atoms with Gasteiger partial charge in [-0.25, -0.2) is 27.9 Å². The fourth-order valence-corrected chi connectivity index (χ4v) is 7.58. The number of aryl methyl sites for hydroxylation is 1. The Morgan fingerprint density at radius 1 is 1.21 bits per heavy atom. The van der Waals surface area contributed by atoms with E-state index in [1.54, 1.807) is 30.3 Å². The Labute approximate surface area is 242 Å². The van der Waals surface area contributed by atoms with Crippen LogP contribution in [-0.4, -0.2) is 78.3 Å². The van der Waals surface area contributed by atoms with E-state index in [2.05, 4.69) is 15.7 Å². The molecule has 15 heteroatoms. The molecule has 3 aromatic rings. The van der Waals surface area contributed by atoms with Crippen LogP contribution in [0, 0.1) is 13.8 Å². The van der Waals surface area contributed by atoms with Crippen molar-refractivity contribution in [3.63, 3.8) is 0 Å². The number of rotatable bonds is 9. The summed E-state index contributed by atoms with van der Waals surface area (Å²) in [7, 11) is -4.16. The number of nitrogens with zero attached hydrogens (tertiary/aromatic N) is 5. The van der Waals surface area contributed by atoms with Crippen molar-refractivity contribution < 1.29 is 31.8 Å². The lowest BCUT2D eigenvalue weighted by atomic mass is 10.1. The predicted molar refractivity (Wildman–Crippen MR) is 150 cm³/mol. The molecule has 2 aromatic heterocycles. The lowest BCUT2D eigenvalue weighted by molar-refractivity contribution is 0.0538. The van der Waals surface area contributed by atoms with Gasteiger partial charge in [-0.3, -0.25) is 0 Å². The zero-order valence-corrected chi connectivity index (χ0v) is 24.3. The van der Waals surface area contributed by atoms with Gasteiger partial charge < -0.3 is 25.4 Å². The Morgan fingerprint density at radius 2 is 1.93 bits per heavy atom. The maximum Gasteiger partial charge on any atom is 0.333 e. The van der Waals surface area contributed by atoms with Crippen molar-refractivity contribution in [1.82, 2.24) is 25.1 Å². The molecule has 226 valence electrons. The van der Waals surface area contributed by atoms with Gasteiger partial charge in [0, 0.05) is 30.4 Å². The van der Waals surface area contributed by atoms with E-state index >= 15 is 0 Å². The second-order valence-corrected chi connectivity index (χ2v) is 12.7. The van der Waals surface area contributed by atoms with E-state index < -0.39 is 27.2 Å². The van der Waals surface area contributed by atoms with Crippen LogP contribution in [-0.2, 0) is 19.3 Å². The van der Waals surface area contributed by atoms with Crippen LogP contribution >= 0.6 is 0 Å². The lowest BCUT2D eigenvalue weighted by Crippen LogP contribution is -2.44. The van der Waals surface area contributed by atoms with Crippen LogP contribution in [0.2, 0.25) is 0 Å². The largest absolute Gasteiger partial charge is 0.395 e. The maximum atomic E-state index is 14.2. The number of ether oxygens (including phenoxy) is 1. The van der Waals surface area contributed by atoms with Gasteiger partial charge in [0.2, 0.25) is 0 Å². The normalized spacial score (nSPS) is 18.3. The summed E-state index contributed by atoms with van der Waals surface area (Å²) in [5.41, 5.74) is 1.27. The van der Waals surface area contributed by atoms with Gasteiger partial charge in [0.05, 0.1) is 42.9 Å². The topological polar surface area (TPSA) is 152 Å². The molecule has 2 aliphatic rings. The van der Waals surface area contributed by atoms with Gasteiger partial charge >= 0.3 is 12.6 Å². The molecule has 12 nitrogen and oxygen atoms in total. The van der Waals surface area contributed by atoms with Gasteiger partial charge in [-0.15, -0.1) is 0 Å². The number of nitrogens with one attached hydrogen (secondary N) is 2. The van der Waals surface area contributed by atoms with E-state index in [-0.39, 0.29) is 59.8 Å². The molecule has 1 aliphatic carbocycles. The quantitative estimate of drug-likeness (QED) is 0.334. The number of sulfone groups is 1. The van der Waals surface area contributed by atoms with E-state index in [4.69, 9.17) is 19.8 Å². The minimum atomic E-state index is -4.16. The SMILES string of the molecule is Cc1nn(C(F)F)c(C)c1S(=O)(=O)C1(c2cc(N3CCOC[C@@H]3C)nc(-c3ccc(NC(=O)NCCO)cc3)n2)CC1. The number of aromatic nitrogens is 4. The molecule has 0 spiro atoms. The van der Waals surface area contributed by atoms with Crippen LogP contribution in [0.3, 0.4) is 0 Å². The molecule has 2 amide bonds. The monoisotopic (exact) mass is 605 g/mol. The molecule has 42 heavy (non-hydrogen) atoms. The van der Waals surface area contributed by atoms with Crippen LogP contribution < -0.4 is 15.5 Å². The first kappa shape index (κ1) is 29.8. The van der Waals surface area contributed by atoms with Crippen LogP contribution in [0.15, 0.2) is 35.2 Å². The Kier molecular flexibility index (Phi) is 8.18. The second-order valence-electron chi connectivity index (χ2n) is 10.5. The smallest absolute Gasteiger partial charge is 0.333 e. The fraction of sp³-hybridized carbons (Fsp3) is 0.481. The number of benzene rings is 1. The van der Waals surface area contributed by atoms with Gasteiger partial charge in [0.25, 0.3) is 0 Å². The summed E-state index contributed by atoms with van der Waals surface area (Å²) in [5, 5.41) is 17.9. The lowest BCUT2D eigenvalue weighted by Gasteiger charge is -2.34. The summed E-state index contributed by atoms with van der Waals surface area (Å²) in [6, 6.07) is 7.93. The molecule has 3 N–H and O–H groups in total. The third-order valence-electron chi connectivity index (χ3n) is 7.57. The van der Waals surface area contributed by atoms with Crippen LogP contribution in [0.5, 0.6) is 0 Å². The highest BCUT2D eigenvalue weighted by Crippen LogP contribution is 2.56. The molecule has 2 fully saturated rings. The number of morpholine rings is 1. The van der Waals surface area contributed by atoms with Gasteiger partial charge in [0.1, 0.15) is 15.5 Å². The van der Waals surface area contributed by atoms with Crippen molar-refractivity contribution in [3.8, 4) is 11.4 Å². The van der Waals surface area contributed by atoms with E-state index in [0.717, 1.165) is 0 Å². The maximum absolute atomic E-state index is 14.2. The van der Waals surface area contributed by atoms with Crippen molar-refractivity contribution in [1.29, 1.82) is 0 Å². The van der Waals surface area contributed by atoms with E-state index in [1.807, 2.05) is 11.8 Å². The number of anilines is 2. The summed E-state index contributed by atoms with van der Waals surface area (Å²) in [5.74, 6) is 0.824. The molecule has 0 bridgehead atoms. The summed E-state index contributed by atoms with van der Waals surface area (Å²) < 4.78 is 60.1. The molecule has 1 aromatic carbocycles. The first-order valence-corrected chi connectivity index (χ1v) is 15.1. The highest BCUT2D eigenvalue weighted by Gasteiger charge is 2.59. The van der Waals surface area contributed by atoms with E-state index in [1.165, 1.54) is 13.8 Å². The fourth-order valence-electron chi connectivity index (χ4n) is 5.26. The molecule has 1 saturated heterocycles. The number of halogens is 2. The van der Waals surface area contributed by atoms with Crippen molar-refractivity contribution in [2.45, 2.75) is 55.8 Å². The number of aliphatic hydroxyl groups is 1. The molecule has 1 saturated carbocycles. The minimum Gasteiger partial charge on any atom is -0.395 e. The molecule has 0 radical (unpaired) electrons. The number of hydrogen-bond donors (Lipinski definition) is 3. The zero-order chi connectivity index (χ0) is 30.2. The van der Waals surface area contributed by atoms with Crippen molar-refractivity contribution in [3.05, 3.63) is 47.4 Å². The Morgan fingerprint density at radius 3 is 2.52 bits per heavy atom. The number of aliphatic hydroxyl groups excluding tert-OH is 1. The third kappa shape index (κ3) is 5.43.